The molecule has 1 N–H and O–H groups in total. The van der Waals surface area contributed by atoms with Gasteiger partial charge in [-0.05, 0) is 25.0 Å². The molecule has 0 aliphatic heterocycles. The highest BCUT2D eigenvalue weighted by atomic mass is 32.2. The Labute approximate surface area is 133 Å². The van der Waals surface area contributed by atoms with Crippen molar-refractivity contribution in [3.05, 3.63) is 29.8 Å². The molecule has 0 unspecified atom stereocenters. The zero-order valence-electron chi connectivity index (χ0n) is 13.6. The van der Waals surface area contributed by atoms with Crippen molar-refractivity contribution in [3.8, 4) is 0 Å². The number of benzene rings is 1. The number of unbranched alkanes of at least 4 members (excludes halogenated alkanes) is 2. The number of aryl methyl sites for hydroxylation is 1. The van der Waals surface area contributed by atoms with Gasteiger partial charge in [-0.2, -0.15) is 0 Å². The van der Waals surface area contributed by atoms with E-state index in [9.17, 15) is 13.2 Å². The van der Waals surface area contributed by atoms with Crippen LogP contribution in [0.1, 0.15) is 38.7 Å². The van der Waals surface area contributed by atoms with Crippen LogP contribution in [-0.2, 0) is 14.8 Å². The van der Waals surface area contributed by atoms with Crippen molar-refractivity contribution in [2.45, 2.75) is 44.9 Å². The predicted molar refractivity (Wildman–Crippen MR) is 88.1 cm³/mol. The Morgan fingerprint density at radius 2 is 1.86 bits per heavy atom. The summed E-state index contributed by atoms with van der Waals surface area (Å²) in [7, 11) is -3.53. The van der Waals surface area contributed by atoms with Crippen LogP contribution in [0.15, 0.2) is 29.2 Å². The Hall–Kier alpha value is -1.40. The van der Waals surface area contributed by atoms with Gasteiger partial charge in [0.25, 0.3) is 0 Å². The number of hydrogen-bond donors (Lipinski definition) is 1. The van der Waals surface area contributed by atoms with Crippen LogP contribution < -0.4 is 4.72 Å². The molecule has 1 aromatic carbocycles. The lowest BCUT2D eigenvalue weighted by Gasteiger charge is -2.21. The molecule has 0 spiro atoms. The predicted octanol–water partition coefficient (Wildman–Crippen LogP) is 2.31. The summed E-state index contributed by atoms with van der Waals surface area (Å²) in [4.78, 5) is 13.5. The lowest BCUT2D eigenvalue weighted by Crippen LogP contribution is -2.38. The number of hydrogen-bond acceptors (Lipinski definition) is 3. The SMILES string of the molecule is CCCCCN(CCNS(=O)(=O)c1ccccc1C)C(C)=O. The minimum atomic E-state index is -3.53. The van der Waals surface area contributed by atoms with E-state index in [4.69, 9.17) is 0 Å². The summed E-state index contributed by atoms with van der Waals surface area (Å²) < 4.78 is 27.1. The quantitative estimate of drug-likeness (QED) is 0.708. The van der Waals surface area contributed by atoms with Crippen molar-refractivity contribution >= 4 is 15.9 Å². The molecule has 0 saturated heterocycles. The second-order valence-electron chi connectivity index (χ2n) is 5.38. The van der Waals surface area contributed by atoms with Crippen molar-refractivity contribution in [1.82, 2.24) is 9.62 Å². The summed E-state index contributed by atoms with van der Waals surface area (Å²) in [6, 6.07) is 6.86. The Bertz CT molecular complexity index is 585. The Balaban J connectivity index is 2.57. The fraction of sp³-hybridized carbons (Fsp3) is 0.562. The first-order chi connectivity index (χ1) is 10.4. The second-order valence-corrected chi connectivity index (χ2v) is 7.11. The topological polar surface area (TPSA) is 66.5 Å². The van der Waals surface area contributed by atoms with Gasteiger partial charge in [0, 0.05) is 26.6 Å². The largest absolute Gasteiger partial charge is 0.342 e. The van der Waals surface area contributed by atoms with Crippen LogP contribution in [0.25, 0.3) is 0 Å². The molecule has 0 aliphatic carbocycles. The summed E-state index contributed by atoms with van der Waals surface area (Å²) in [6.45, 7) is 6.68. The maximum atomic E-state index is 12.3. The van der Waals surface area contributed by atoms with Crippen LogP contribution in [0.4, 0.5) is 0 Å². The van der Waals surface area contributed by atoms with Crippen molar-refractivity contribution in [2.24, 2.45) is 0 Å². The highest BCUT2D eigenvalue weighted by Gasteiger charge is 2.16. The molecule has 0 radical (unpaired) electrons. The van der Waals surface area contributed by atoms with Gasteiger partial charge in [0.05, 0.1) is 4.90 Å². The van der Waals surface area contributed by atoms with Gasteiger partial charge in [-0.25, -0.2) is 13.1 Å². The smallest absolute Gasteiger partial charge is 0.240 e. The number of sulfonamides is 1. The first-order valence-electron chi connectivity index (χ1n) is 7.69. The van der Waals surface area contributed by atoms with Crippen molar-refractivity contribution < 1.29 is 13.2 Å². The first-order valence-corrected chi connectivity index (χ1v) is 9.17. The molecule has 5 nitrogen and oxygen atoms in total. The summed E-state index contributed by atoms with van der Waals surface area (Å²) in [5, 5.41) is 0. The summed E-state index contributed by atoms with van der Waals surface area (Å²) in [5.41, 5.74) is 0.710. The minimum Gasteiger partial charge on any atom is -0.342 e. The van der Waals surface area contributed by atoms with Crippen molar-refractivity contribution in [1.29, 1.82) is 0 Å². The Kier molecular flexibility index (Phi) is 7.55. The Morgan fingerprint density at radius 1 is 1.18 bits per heavy atom. The molecule has 0 saturated carbocycles. The van der Waals surface area contributed by atoms with Gasteiger partial charge in [0.15, 0.2) is 0 Å². The third-order valence-corrected chi connectivity index (χ3v) is 5.16. The molecule has 1 aromatic rings. The molecule has 0 aromatic heterocycles. The zero-order valence-corrected chi connectivity index (χ0v) is 14.4. The molecular weight excluding hydrogens is 300 g/mol. The number of rotatable bonds is 9. The lowest BCUT2D eigenvalue weighted by atomic mass is 10.2. The van der Waals surface area contributed by atoms with E-state index in [0.717, 1.165) is 19.3 Å². The molecule has 0 fully saturated rings. The molecule has 124 valence electrons. The molecule has 1 rings (SSSR count). The fourth-order valence-corrected chi connectivity index (χ4v) is 3.50. The van der Waals surface area contributed by atoms with Gasteiger partial charge in [-0.1, -0.05) is 38.0 Å². The molecule has 1 amide bonds. The summed E-state index contributed by atoms with van der Waals surface area (Å²) >= 11 is 0. The van der Waals surface area contributed by atoms with Gasteiger partial charge < -0.3 is 4.90 Å². The normalized spacial score (nSPS) is 11.4. The van der Waals surface area contributed by atoms with Crippen molar-refractivity contribution in [2.75, 3.05) is 19.6 Å². The number of nitrogens with one attached hydrogen (secondary N) is 1. The number of amides is 1. The molecule has 22 heavy (non-hydrogen) atoms. The highest BCUT2D eigenvalue weighted by Crippen LogP contribution is 2.13. The molecule has 6 heteroatoms. The van der Waals surface area contributed by atoms with Gasteiger partial charge in [0.2, 0.25) is 15.9 Å². The molecule has 0 bridgehead atoms. The van der Waals surface area contributed by atoms with E-state index in [1.54, 1.807) is 36.1 Å². The standard InChI is InChI=1S/C16H26N2O3S/c1-4-5-8-12-18(15(3)19)13-11-17-22(20,21)16-10-7-6-9-14(16)2/h6-7,9-10,17H,4-5,8,11-13H2,1-3H3. The number of carbonyl (C=O) groups excluding carboxylic acids is 1. The van der Waals surface area contributed by atoms with Gasteiger partial charge in [-0.15, -0.1) is 0 Å². The average molecular weight is 326 g/mol. The monoisotopic (exact) mass is 326 g/mol. The second kappa shape index (κ2) is 8.90. The van der Waals surface area contributed by atoms with Gasteiger partial charge >= 0.3 is 0 Å². The van der Waals surface area contributed by atoms with Crippen LogP contribution in [0.3, 0.4) is 0 Å². The third kappa shape index (κ3) is 5.77. The highest BCUT2D eigenvalue weighted by molar-refractivity contribution is 7.89. The minimum absolute atomic E-state index is 0.0220. The zero-order chi connectivity index (χ0) is 16.6. The van der Waals surface area contributed by atoms with Crippen LogP contribution >= 0.6 is 0 Å². The summed E-state index contributed by atoms with van der Waals surface area (Å²) in [5.74, 6) is -0.0220. The van der Waals surface area contributed by atoms with Crippen LogP contribution in [0, 0.1) is 6.92 Å². The fourth-order valence-electron chi connectivity index (χ4n) is 2.23. The van der Waals surface area contributed by atoms with Crippen molar-refractivity contribution in [3.63, 3.8) is 0 Å². The van der Waals surface area contributed by atoms with E-state index in [1.165, 1.54) is 6.92 Å². The maximum Gasteiger partial charge on any atom is 0.240 e. The Morgan fingerprint density at radius 3 is 2.45 bits per heavy atom. The van der Waals surface area contributed by atoms with E-state index in [2.05, 4.69) is 11.6 Å². The third-order valence-electron chi connectivity index (χ3n) is 3.53. The van der Waals surface area contributed by atoms with E-state index in [0.29, 0.717) is 18.7 Å². The average Bonchev–Trinajstić information content (AvgIpc) is 2.45. The molecule has 0 aliphatic rings. The lowest BCUT2D eigenvalue weighted by molar-refractivity contribution is -0.128. The molecule has 0 atom stereocenters. The van der Waals surface area contributed by atoms with E-state index in [1.807, 2.05) is 0 Å². The molecular formula is C16H26N2O3S. The number of nitrogens with zero attached hydrogens (tertiary/aromatic N) is 1. The van der Waals surface area contributed by atoms with E-state index < -0.39 is 10.0 Å². The number of carbonyl (C=O) groups is 1. The molecule has 0 heterocycles. The first kappa shape index (κ1) is 18.6. The van der Waals surface area contributed by atoms with Crippen LogP contribution in [0.2, 0.25) is 0 Å². The van der Waals surface area contributed by atoms with E-state index >= 15 is 0 Å². The maximum absolute atomic E-state index is 12.3. The summed E-state index contributed by atoms with van der Waals surface area (Å²) in [6.07, 6.45) is 3.10. The van der Waals surface area contributed by atoms with Crippen LogP contribution in [0.5, 0.6) is 0 Å². The van der Waals surface area contributed by atoms with Gasteiger partial charge in [-0.3, -0.25) is 4.79 Å². The van der Waals surface area contributed by atoms with Crippen LogP contribution in [-0.4, -0.2) is 38.9 Å². The van der Waals surface area contributed by atoms with Gasteiger partial charge in [0.1, 0.15) is 0 Å². The van der Waals surface area contributed by atoms with E-state index in [-0.39, 0.29) is 17.3 Å².